The Bertz CT molecular complexity index is 819. The van der Waals surface area contributed by atoms with E-state index in [1.54, 1.807) is 41.9 Å². The molecule has 0 aliphatic carbocycles. The van der Waals surface area contributed by atoms with Gasteiger partial charge in [0.25, 0.3) is 5.91 Å². The van der Waals surface area contributed by atoms with Crippen LogP contribution in [0.25, 0.3) is 0 Å². The molecule has 1 amide bonds. The summed E-state index contributed by atoms with van der Waals surface area (Å²) in [5.41, 5.74) is 2.36. The maximum Gasteiger partial charge on any atom is 0.251 e. The Morgan fingerprint density at radius 1 is 1.21 bits per heavy atom. The van der Waals surface area contributed by atoms with Gasteiger partial charge >= 0.3 is 0 Å². The third-order valence-electron chi connectivity index (χ3n) is 3.28. The van der Waals surface area contributed by atoms with E-state index in [4.69, 9.17) is 0 Å². The van der Waals surface area contributed by atoms with E-state index in [-0.39, 0.29) is 5.91 Å². The standard InChI is InChI=1S/C17H17N5OS/c1-12-21-15(11-24-12)6-9-18-16(23)13-4-2-5-14(10-13)22-17-19-7-3-8-20-17/h2-5,7-8,10-11H,6,9H2,1H3,(H,18,23)(H,19,20,22). The van der Waals surface area contributed by atoms with Crippen molar-refractivity contribution in [1.29, 1.82) is 0 Å². The van der Waals surface area contributed by atoms with Crippen molar-refractivity contribution in [1.82, 2.24) is 20.3 Å². The Morgan fingerprint density at radius 2 is 2.04 bits per heavy atom. The fraction of sp³-hybridized carbons (Fsp3) is 0.176. The molecular weight excluding hydrogens is 322 g/mol. The van der Waals surface area contributed by atoms with E-state index in [0.29, 0.717) is 18.1 Å². The second-order valence-electron chi connectivity index (χ2n) is 5.14. The SMILES string of the molecule is Cc1nc(CCNC(=O)c2cccc(Nc3ncccn3)c2)cs1. The number of thiazole rings is 1. The van der Waals surface area contributed by atoms with Gasteiger partial charge < -0.3 is 10.6 Å². The van der Waals surface area contributed by atoms with Gasteiger partial charge in [0.2, 0.25) is 5.95 Å². The Labute approximate surface area is 144 Å². The summed E-state index contributed by atoms with van der Waals surface area (Å²) in [6.45, 7) is 2.53. The lowest BCUT2D eigenvalue weighted by Crippen LogP contribution is -2.25. The number of benzene rings is 1. The van der Waals surface area contributed by atoms with Gasteiger partial charge in [-0.3, -0.25) is 4.79 Å². The highest BCUT2D eigenvalue weighted by atomic mass is 32.1. The second kappa shape index (κ2) is 7.65. The largest absolute Gasteiger partial charge is 0.352 e. The number of aryl methyl sites for hydroxylation is 1. The first-order chi connectivity index (χ1) is 11.7. The average Bonchev–Trinajstić information content (AvgIpc) is 3.01. The van der Waals surface area contributed by atoms with Crippen LogP contribution in [0, 0.1) is 6.92 Å². The van der Waals surface area contributed by atoms with Gasteiger partial charge in [-0.2, -0.15) is 0 Å². The molecule has 0 radical (unpaired) electrons. The van der Waals surface area contributed by atoms with E-state index < -0.39 is 0 Å². The van der Waals surface area contributed by atoms with Crippen LogP contribution in [0.5, 0.6) is 0 Å². The summed E-state index contributed by atoms with van der Waals surface area (Å²) in [6.07, 6.45) is 4.05. The van der Waals surface area contributed by atoms with Gasteiger partial charge in [0.1, 0.15) is 0 Å². The van der Waals surface area contributed by atoms with Crippen molar-refractivity contribution < 1.29 is 4.79 Å². The molecule has 0 bridgehead atoms. The van der Waals surface area contributed by atoms with Gasteiger partial charge in [-0.1, -0.05) is 6.07 Å². The summed E-state index contributed by atoms with van der Waals surface area (Å²) < 4.78 is 0. The average molecular weight is 339 g/mol. The normalized spacial score (nSPS) is 10.4. The summed E-state index contributed by atoms with van der Waals surface area (Å²) >= 11 is 1.62. The number of nitrogens with one attached hydrogen (secondary N) is 2. The maximum absolute atomic E-state index is 12.3. The molecule has 2 N–H and O–H groups in total. The zero-order chi connectivity index (χ0) is 16.8. The first-order valence-corrected chi connectivity index (χ1v) is 8.42. The molecule has 3 rings (SSSR count). The first kappa shape index (κ1) is 16.1. The van der Waals surface area contributed by atoms with Gasteiger partial charge in [0.15, 0.2) is 0 Å². The number of rotatable bonds is 6. The van der Waals surface area contributed by atoms with Crippen molar-refractivity contribution in [3.63, 3.8) is 0 Å². The van der Waals surface area contributed by atoms with E-state index in [2.05, 4.69) is 25.6 Å². The van der Waals surface area contributed by atoms with Crippen LogP contribution in [-0.4, -0.2) is 27.4 Å². The molecule has 6 nitrogen and oxygen atoms in total. The predicted octanol–water partition coefficient (Wildman–Crippen LogP) is 2.96. The minimum absolute atomic E-state index is 0.111. The highest BCUT2D eigenvalue weighted by Gasteiger charge is 2.07. The molecule has 3 aromatic rings. The van der Waals surface area contributed by atoms with E-state index in [1.165, 1.54) is 0 Å². The minimum atomic E-state index is -0.111. The molecule has 0 spiro atoms. The van der Waals surface area contributed by atoms with Gasteiger partial charge in [0, 0.05) is 42.0 Å². The molecule has 2 heterocycles. The number of carbonyl (C=O) groups is 1. The third kappa shape index (κ3) is 4.36. The lowest BCUT2D eigenvalue weighted by molar-refractivity contribution is 0.0954. The van der Waals surface area contributed by atoms with E-state index in [9.17, 15) is 4.79 Å². The van der Waals surface area contributed by atoms with Crippen LogP contribution in [-0.2, 0) is 6.42 Å². The van der Waals surface area contributed by atoms with Crippen LogP contribution in [0.15, 0.2) is 48.1 Å². The van der Waals surface area contributed by atoms with Crippen molar-refractivity contribution in [2.24, 2.45) is 0 Å². The number of amides is 1. The molecule has 0 saturated heterocycles. The van der Waals surface area contributed by atoms with Crippen LogP contribution >= 0.6 is 11.3 Å². The minimum Gasteiger partial charge on any atom is -0.352 e. The molecule has 2 aromatic heterocycles. The fourth-order valence-corrected chi connectivity index (χ4v) is 2.81. The molecule has 7 heteroatoms. The molecule has 0 aliphatic heterocycles. The van der Waals surface area contributed by atoms with E-state index >= 15 is 0 Å². The lowest BCUT2D eigenvalue weighted by Gasteiger charge is -2.07. The number of aromatic nitrogens is 3. The molecule has 1 aromatic carbocycles. The van der Waals surface area contributed by atoms with Crippen molar-refractivity contribution in [3.05, 3.63) is 64.4 Å². The second-order valence-corrected chi connectivity index (χ2v) is 6.20. The smallest absolute Gasteiger partial charge is 0.251 e. The fourth-order valence-electron chi connectivity index (χ4n) is 2.16. The summed E-state index contributed by atoms with van der Waals surface area (Å²) in [5, 5.41) is 9.05. The maximum atomic E-state index is 12.3. The molecule has 0 aliphatic rings. The Balaban J connectivity index is 1.57. The molecule has 0 atom stereocenters. The molecule has 0 fully saturated rings. The zero-order valence-electron chi connectivity index (χ0n) is 13.2. The number of hydrogen-bond donors (Lipinski definition) is 2. The topological polar surface area (TPSA) is 79.8 Å². The van der Waals surface area contributed by atoms with Crippen molar-refractivity contribution in [2.45, 2.75) is 13.3 Å². The van der Waals surface area contributed by atoms with Gasteiger partial charge in [-0.25, -0.2) is 15.0 Å². The van der Waals surface area contributed by atoms with Crippen LogP contribution in [0.4, 0.5) is 11.6 Å². The van der Waals surface area contributed by atoms with Gasteiger partial charge in [0.05, 0.1) is 10.7 Å². The number of carbonyl (C=O) groups excluding carboxylic acids is 1. The van der Waals surface area contributed by atoms with Crippen LogP contribution in [0.2, 0.25) is 0 Å². The highest BCUT2D eigenvalue weighted by molar-refractivity contribution is 7.09. The van der Waals surface area contributed by atoms with Crippen LogP contribution < -0.4 is 10.6 Å². The van der Waals surface area contributed by atoms with E-state index in [1.807, 2.05) is 24.4 Å². The zero-order valence-corrected chi connectivity index (χ0v) is 14.0. The molecule has 0 unspecified atom stereocenters. The molecule has 122 valence electrons. The predicted molar refractivity (Wildman–Crippen MR) is 94.6 cm³/mol. The summed E-state index contributed by atoms with van der Waals surface area (Å²) in [4.78, 5) is 24.9. The number of hydrogen-bond acceptors (Lipinski definition) is 6. The monoisotopic (exact) mass is 339 g/mol. The number of nitrogens with zero attached hydrogens (tertiary/aromatic N) is 3. The lowest BCUT2D eigenvalue weighted by atomic mass is 10.2. The summed E-state index contributed by atoms with van der Waals surface area (Å²) in [7, 11) is 0. The summed E-state index contributed by atoms with van der Waals surface area (Å²) in [5.74, 6) is 0.383. The van der Waals surface area contributed by atoms with Crippen LogP contribution in [0.1, 0.15) is 21.1 Å². The first-order valence-electron chi connectivity index (χ1n) is 7.54. The van der Waals surface area contributed by atoms with Crippen molar-refractivity contribution >= 4 is 28.9 Å². The summed E-state index contributed by atoms with van der Waals surface area (Å²) in [6, 6.07) is 8.99. The van der Waals surface area contributed by atoms with Crippen molar-refractivity contribution in [3.8, 4) is 0 Å². The quantitative estimate of drug-likeness (QED) is 0.722. The molecular formula is C17H17N5OS. The van der Waals surface area contributed by atoms with Crippen LogP contribution in [0.3, 0.4) is 0 Å². The van der Waals surface area contributed by atoms with E-state index in [0.717, 1.165) is 22.8 Å². The highest BCUT2D eigenvalue weighted by Crippen LogP contribution is 2.14. The molecule has 0 saturated carbocycles. The Kier molecular flexibility index (Phi) is 5.12. The Morgan fingerprint density at radius 3 is 2.79 bits per heavy atom. The third-order valence-corrected chi connectivity index (χ3v) is 4.10. The number of anilines is 2. The Hall–Kier alpha value is -2.80. The van der Waals surface area contributed by atoms with Gasteiger partial charge in [-0.05, 0) is 31.2 Å². The molecule has 24 heavy (non-hydrogen) atoms. The van der Waals surface area contributed by atoms with Crippen molar-refractivity contribution in [2.75, 3.05) is 11.9 Å². The van der Waals surface area contributed by atoms with Gasteiger partial charge in [-0.15, -0.1) is 11.3 Å².